The van der Waals surface area contributed by atoms with Crippen LogP contribution in [0.15, 0.2) is 24.3 Å². The molecule has 2 rings (SSSR count). The summed E-state index contributed by atoms with van der Waals surface area (Å²) in [6.45, 7) is 7.89. The predicted molar refractivity (Wildman–Crippen MR) is 82.2 cm³/mol. The minimum absolute atomic E-state index is 0.168. The molecule has 2 nitrogen and oxygen atoms in total. The van der Waals surface area contributed by atoms with Gasteiger partial charge in [0.2, 0.25) is 0 Å². The molecule has 1 fully saturated rings. The van der Waals surface area contributed by atoms with E-state index in [0.717, 1.165) is 0 Å². The van der Waals surface area contributed by atoms with Crippen LogP contribution in [0.3, 0.4) is 0 Å². The van der Waals surface area contributed by atoms with Gasteiger partial charge in [-0.2, -0.15) is 0 Å². The van der Waals surface area contributed by atoms with Gasteiger partial charge < -0.3 is 5.73 Å². The third-order valence-corrected chi connectivity index (χ3v) is 4.47. The van der Waals surface area contributed by atoms with E-state index in [4.69, 9.17) is 5.73 Å². The Balaban J connectivity index is 2.31. The highest BCUT2D eigenvalue weighted by Crippen LogP contribution is 2.31. The molecule has 0 spiro atoms. The van der Waals surface area contributed by atoms with Gasteiger partial charge in [-0.25, -0.2) is 0 Å². The van der Waals surface area contributed by atoms with Crippen LogP contribution in [0, 0.1) is 6.92 Å². The average molecular weight is 260 g/mol. The average Bonchev–Trinajstić information content (AvgIpc) is 2.57. The van der Waals surface area contributed by atoms with Gasteiger partial charge in [0.05, 0.1) is 6.04 Å². The first-order chi connectivity index (χ1) is 9.11. The van der Waals surface area contributed by atoms with Gasteiger partial charge >= 0.3 is 0 Å². The molecule has 2 heteroatoms. The zero-order chi connectivity index (χ0) is 13.8. The molecule has 1 aromatic carbocycles. The predicted octanol–water partition coefficient (Wildman–Crippen LogP) is 3.65. The SMILES string of the molecule is Cc1ccccc1C(C(C)N)N1CCCCCC1C. The van der Waals surface area contributed by atoms with Gasteiger partial charge in [-0.3, -0.25) is 4.90 Å². The summed E-state index contributed by atoms with van der Waals surface area (Å²) in [4.78, 5) is 2.64. The zero-order valence-corrected chi connectivity index (χ0v) is 12.6. The van der Waals surface area contributed by atoms with Gasteiger partial charge in [0.1, 0.15) is 0 Å². The molecule has 0 aliphatic carbocycles. The lowest BCUT2D eigenvalue weighted by Gasteiger charge is -2.38. The highest BCUT2D eigenvalue weighted by Gasteiger charge is 2.29. The fraction of sp³-hybridized carbons (Fsp3) is 0.647. The Bertz CT molecular complexity index is 400. The molecule has 0 saturated carbocycles. The number of nitrogens with zero attached hydrogens (tertiary/aromatic N) is 1. The number of aryl methyl sites for hydroxylation is 1. The van der Waals surface area contributed by atoms with E-state index in [-0.39, 0.29) is 6.04 Å². The van der Waals surface area contributed by atoms with Crippen LogP contribution < -0.4 is 5.73 Å². The van der Waals surface area contributed by atoms with Crippen molar-refractivity contribution in [1.82, 2.24) is 4.90 Å². The molecule has 0 radical (unpaired) electrons. The largest absolute Gasteiger partial charge is 0.326 e. The molecule has 2 N–H and O–H groups in total. The van der Waals surface area contributed by atoms with Gasteiger partial charge in [0, 0.05) is 12.1 Å². The second-order valence-corrected chi connectivity index (χ2v) is 6.10. The Morgan fingerprint density at radius 1 is 1.21 bits per heavy atom. The number of rotatable bonds is 3. The molecular weight excluding hydrogens is 232 g/mol. The maximum absolute atomic E-state index is 6.34. The van der Waals surface area contributed by atoms with Gasteiger partial charge in [-0.15, -0.1) is 0 Å². The lowest BCUT2D eigenvalue weighted by molar-refractivity contribution is 0.130. The van der Waals surface area contributed by atoms with E-state index in [0.29, 0.717) is 12.1 Å². The zero-order valence-electron chi connectivity index (χ0n) is 12.6. The number of benzene rings is 1. The summed E-state index contributed by atoms with van der Waals surface area (Å²) in [5.74, 6) is 0. The minimum Gasteiger partial charge on any atom is -0.326 e. The van der Waals surface area contributed by atoms with Crippen molar-refractivity contribution >= 4 is 0 Å². The first kappa shape index (κ1) is 14.5. The molecular formula is C17H28N2. The summed E-state index contributed by atoms with van der Waals surface area (Å²) < 4.78 is 0. The Morgan fingerprint density at radius 3 is 2.63 bits per heavy atom. The molecule has 0 aromatic heterocycles. The van der Waals surface area contributed by atoms with Crippen LogP contribution in [-0.2, 0) is 0 Å². The van der Waals surface area contributed by atoms with Crippen molar-refractivity contribution in [1.29, 1.82) is 0 Å². The fourth-order valence-corrected chi connectivity index (χ4v) is 3.39. The van der Waals surface area contributed by atoms with E-state index >= 15 is 0 Å². The van der Waals surface area contributed by atoms with Crippen molar-refractivity contribution in [3.8, 4) is 0 Å². The van der Waals surface area contributed by atoms with Gasteiger partial charge in [0.15, 0.2) is 0 Å². The maximum atomic E-state index is 6.34. The molecule has 1 aliphatic rings. The van der Waals surface area contributed by atoms with Crippen LogP contribution in [0.5, 0.6) is 0 Å². The second kappa shape index (κ2) is 6.53. The van der Waals surface area contributed by atoms with E-state index in [1.807, 2.05) is 0 Å². The Labute approximate surface area is 118 Å². The number of likely N-dealkylation sites (tertiary alicyclic amines) is 1. The smallest absolute Gasteiger partial charge is 0.0501 e. The van der Waals surface area contributed by atoms with Crippen LogP contribution in [0.2, 0.25) is 0 Å². The van der Waals surface area contributed by atoms with Gasteiger partial charge in [0.25, 0.3) is 0 Å². The van der Waals surface area contributed by atoms with Crippen LogP contribution in [0.4, 0.5) is 0 Å². The van der Waals surface area contributed by atoms with Crippen molar-refractivity contribution < 1.29 is 0 Å². The van der Waals surface area contributed by atoms with Crippen LogP contribution in [0.25, 0.3) is 0 Å². The number of nitrogens with two attached hydrogens (primary N) is 1. The number of hydrogen-bond acceptors (Lipinski definition) is 2. The summed E-state index contributed by atoms with van der Waals surface area (Å²) >= 11 is 0. The second-order valence-electron chi connectivity index (χ2n) is 6.10. The molecule has 106 valence electrons. The standard InChI is InChI=1S/C17H28N2/c1-13-9-6-7-11-16(13)17(15(3)18)19-12-8-4-5-10-14(19)2/h6-7,9,11,14-15,17H,4-5,8,10,12,18H2,1-3H3. The molecule has 3 atom stereocenters. The van der Waals surface area contributed by atoms with Crippen LogP contribution in [0.1, 0.15) is 56.7 Å². The molecule has 3 unspecified atom stereocenters. The number of hydrogen-bond donors (Lipinski definition) is 1. The monoisotopic (exact) mass is 260 g/mol. The molecule has 1 aromatic rings. The Hall–Kier alpha value is -0.860. The van der Waals surface area contributed by atoms with Crippen molar-refractivity contribution in [3.63, 3.8) is 0 Å². The van der Waals surface area contributed by atoms with Crippen molar-refractivity contribution in [3.05, 3.63) is 35.4 Å². The molecule has 0 amide bonds. The molecule has 19 heavy (non-hydrogen) atoms. The summed E-state index contributed by atoms with van der Waals surface area (Å²) in [6, 6.07) is 9.87. The first-order valence-electron chi connectivity index (χ1n) is 7.68. The Kier molecular flexibility index (Phi) is 5.00. The van der Waals surface area contributed by atoms with E-state index in [1.165, 1.54) is 43.4 Å². The van der Waals surface area contributed by atoms with Crippen LogP contribution >= 0.6 is 0 Å². The lowest BCUT2D eigenvalue weighted by Crippen LogP contribution is -2.44. The van der Waals surface area contributed by atoms with E-state index < -0.39 is 0 Å². The summed E-state index contributed by atoms with van der Waals surface area (Å²) in [7, 11) is 0. The van der Waals surface area contributed by atoms with E-state index in [1.54, 1.807) is 0 Å². The van der Waals surface area contributed by atoms with Crippen molar-refractivity contribution in [2.75, 3.05) is 6.54 Å². The van der Waals surface area contributed by atoms with Gasteiger partial charge in [-0.1, -0.05) is 37.1 Å². The first-order valence-corrected chi connectivity index (χ1v) is 7.68. The maximum Gasteiger partial charge on any atom is 0.0501 e. The molecule has 1 heterocycles. The summed E-state index contributed by atoms with van der Waals surface area (Å²) in [5, 5.41) is 0. The molecule has 1 saturated heterocycles. The van der Waals surface area contributed by atoms with Crippen molar-refractivity contribution in [2.24, 2.45) is 5.73 Å². The normalized spacial score (nSPS) is 24.7. The minimum atomic E-state index is 0.168. The Morgan fingerprint density at radius 2 is 1.95 bits per heavy atom. The van der Waals surface area contributed by atoms with Crippen molar-refractivity contribution in [2.45, 2.75) is 64.6 Å². The van der Waals surface area contributed by atoms with Crippen LogP contribution in [-0.4, -0.2) is 23.5 Å². The quantitative estimate of drug-likeness (QED) is 0.899. The molecule has 1 aliphatic heterocycles. The topological polar surface area (TPSA) is 29.3 Å². The third kappa shape index (κ3) is 3.37. The highest BCUT2D eigenvalue weighted by molar-refractivity contribution is 5.30. The molecule has 0 bridgehead atoms. The summed E-state index contributed by atoms with van der Waals surface area (Å²) in [5.41, 5.74) is 9.11. The fourth-order valence-electron chi connectivity index (χ4n) is 3.39. The van der Waals surface area contributed by atoms with E-state index in [2.05, 4.69) is 49.9 Å². The summed E-state index contributed by atoms with van der Waals surface area (Å²) in [6.07, 6.45) is 5.33. The third-order valence-electron chi connectivity index (χ3n) is 4.47. The van der Waals surface area contributed by atoms with Gasteiger partial charge in [-0.05, 0) is 51.3 Å². The highest BCUT2D eigenvalue weighted by atomic mass is 15.2. The van der Waals surface area contributed by atoms with E-state index in [9.17, 15) is 0 Å². The lowest BCUT2D eigenvalue weighted by atomic mass is 9.93.